The van der Waals surface area contributed by atoms with E-state index >= 15 is 0 Å². The van der Waals surface area contributed by atoms with Gasteiger partial charge in [0.2, 0.25) is 5.91 Å². The summed E-state index contributed by atoms with van der Waals surface area (Å²) < 4.78 is 5.13. The van der Waals surface area contributed by atoms with Crippen molar-refractivity contribution in [1.82, 2.24) is 25.9 Å². The number of aliphatic carboxylic acids is 1. The number of nitrogens with one attached hydrogen (secondary N) is 2. The van der Waals surface area contributed by atoms with Crippen LogP contribution in [0.4, 0.5) is 0 Å². The standard InChI is InChI=1S/C9H13N5O4/c1-4(7-11-13-14-12-7)10-8(15)5-2-3-6(18-5)9(16)17/h4-6H,2-3H2,1H3,(H,10,15)(H,16,17)(H,11,12,13,14). The number of carboxylic acids is 1. The molecule has 9 heteroatoms. The molecule has 1 aliphatic heterocycles. The van der Waals surface area contributed by atoms with E-state index in [4.69, 9.17) is 9.84 Å². The lowest BCUT2D eigenvalue weighted by atomic mass is 10.2. The van der Waals surface area contributed by atoms with Crippen LogP contribution in [0.15, 0.2) is 0 Å². The number of hydrogen-bond acceptors (Lipinski definition) is 6. The molecule has 1 aliphatic rings. The molecule has 3 N–H and O–H groups in total. The smallest absolute Gasteiger partial charge is 0.332 e. The van der Waals surface area contributed by atoms with Crippen molar-refractivity contribution in [2.45, 2.75) is 38.0 Å². The highest BCUT2D eigenvalue weighted by atomic mass is 16.5. The van der Waals surface area contributed by atoms with E-state index < -0.39 is 24.2 Å². The van der Waals surface area contributed by atoms with Gasteiger partial charge in [0.05, 0.1) is 6.04 Å². The summed E-state index contributed by atoms with van der Waals surface area (Å²) >= 11 is 0. The second-order valence-electron chi connectivity index (χ2n) is 4.03. The van der Waals surface area contributed by atoms with Crippen LogP contribution in [0, 0.1) is 0 Å². The topological polar surface area (TPSA) is 130 Å². The maximum absolute atomic E-state index is 11.8. The Morgan fingerprint density at radius 1 is 1.50 bits per heavy atom. The summed E-state index contributed by atoms with van der Waals surface area (Å²) in [4.78, 5) is 22.5. The van der Waals surface area contributed by atoms with E-state index in [0.717, 1.165) is 0 Å². The largest absolute Gasteiger partial charge is 0.479 e. The van der Waals surface area contributed by atoms with Gasteiger partial charge >= 0.3 is 5.97 Å². The quantitative estimate of drug-likeness (QED) is 0.629. The van der Waals surface area contributed by atoms with E-state index in [0.29, 0.717) is 18.7 Å². The van der Waals surface area contributed by atoms with Crippen molar-refractivity contribution in [2.75, 3.05) is 0 Å². The van der Waals surface area contributed by atoms with Gasteiger partial charge in [0, 0.05) is 0 Å². The zero-order valence-corrected chi connectivity index (χ0v) is 9.66. The van der Waals surface area contributed by atoms with Crippen molar-refractivity contribution in [2.24, 2.45) is 0 Å². The molecule has 2 heterocycles. The van der Waals surface area contributed by atoms with Crippen molar-refractivity contribution in [3.8, 4) is 0 Å². The van der Waals surface area contributed by atoms with Crippen LogP contribution in [0.25, 0.3) is 0 Å². The molecule has 3 unspecified atom stereocenters. The number of aromatic nitrogens is 4. The fourth-order valence-electron chi connectivity index (χ4n) is 1.74. The summed E-state index contributed by atoms with van der Waals surface area (Å²) in [7, 11) is 0. The number of H-pyrrole nitrogens is 1. The molecule has 0 radical (unpaired) electrons. The first kappa shape index (κ1) is 12.4. The summed E-state index contributed by atoms with van der Waals surface area (Å²) in [5, 5.41) is 24.6. The summed E-state index contributed by atoms with van der Waals surface area (Å²) in [5.41, 5.74) is 0. The van der Waals surface area contributed by atoms with Crippen molar-refractivity contribution in [3.05, 3.63) is 5.82 Å². The maximum atomic E-state index is 11.8. The summed E-state index contributed by atoms with van der Waals surface area (Å²) in [6, 6.07) is -0.413. The molecule has 0 bridgehead atoms. The number of carbonyl (C=O) groups is 2. The Balaban J connectivity index is 1.87. The number of aromatic amines is 1. The third-order valence-corrected chi connectivity index (χ3v) is 2.70. The van der Waals surface area contributed by atoms with E-state index in [2.05, 4.69) is 25.9 Å². The minimum Gasteiger partial charge on any atom is -0.479 e. The van der Waals surface area contributed by atoms with Crippen LogP contribution < -0.4 is 5.32 Å². The van der Waals surface area contributed by atoms with Crippen molar-refractivity contribution in [1.29, 1.82) is 0 Å². The lowest BCUT2D eigenvalue weighted by molar-refractivity contribution is -0.151. The molecule has 3 atom stereocenters. The number of tetrazole rings is 1. The van der Waals surface area contributed by atoms with Gasteiger partial charge in [0.1, 0.15) is 6.10 Å². The third kappa shape index (κ3) is 2.62. The molecule has 2 rings (SSSR count). The fourth-order valence-corrected chi connectivity index (χ4v) is 1.74. The van der Waals surface area contributed by atoms with Crippen LogP contribution in [0.3, 0.4) is 0 Å². The van der Waals surface area contributed by atoms with Crippen molar-refractivity contribution < 1.29 is 19.4 Å². The number of nitrogens with zero attached hydrogens (tertiary/aromatic N) is 3. The van der Waals surface area contributed by atoms with E-state index in [-0.39, 0.29) is 5.91 Å². The van der Waals surface area contributed by atoms with Gasteiger partial charge in [0.25, 0.3) is 0 Å². The minimum atomic E-state index is -1.04. The molecule has 98 valence electrons. The van der Waals surface area contributed by atoms with E-state index in [1.165, 1.54) is 0 Å². The zero-order chi connectivity index (χ0) is 13.1. The molecular weight excluding hydrogens is 242 g/mol. The summed E-state index contributed by atoms with van der Waals surface area (Å²) in [5.74, 6) is -1.05. The molecule has 0 aliphatic carbocycles. The number of hydrogen-bond donors (Lipinski definition) is 3. The van der Waals surface area contributed by atoms with Crippen LogP contribution in [-0.2, 0) is 14.3 Å². The molecular formula is C9H13N5O4. The highest BCUT2D eigenvalue weighted by Gasteiger charge is 2.35. The van der Waals surface area contributed by atoms with Gasteiger partial charge in [-0.05, 0) is 19.8 Å². The SMILES string of the molecule is CC(NC(=O)C1CCC(C(=O)O)O1)c1nn[nH]n1. The molecule has 0 spiro atoms. The number of carboxylic acid groups (broad SMARTS) is 1. The van der Waals surface area contributed by atoms with Crippen molar-refractivity contribution >= 4 is 11.9 Å². The monoisotopic (exact) mass is 255 g/mol. The highest BCUT2D eigenvalue weighted by Crippen LogP contribution is 2.20. The predicted molar refractivity (Wildman–Crippen MR) is 56.3 cm³/mol. The first-order chi connectivity index (χ1) is 8.58. The molecule has 0 aromatic carbocycles. The summed E-state index contributed by atoms with van der Waals surface area (Å²) in [6.07, 6.45) is -0.909. The van der Waals surface area contributed by atoms with Gasteiger partial charge < -0.3 is 15.2 Å². The molecule has 1 aromatic rings. The van der Waals surface area contributed by atoms with Crippen LogP contribution >= 0.6 is 0 Å². The number of amides is 1. The minimum absolute atomic E-state index is 0.337. The van der Waals surface area contributed by atoms with Gasteiger partial charge in [-0.1, -0.05) is 5.21 Å². The maximum Gasteiger partial charge on any atom is 0.332 e. The van der Waals surface area contributed by atoms with Crippen molar-refractivity contribution in [3.63, 3.8) is 0 Å². The average Bonchev–Trinajstić information content (AvgIpc) is 3.00. The Morgan fingerprint density at radius 2 is 2.22 bits per heavy atom. The second kappa shape index (κ2) is 5.08. The van der Waals surface area contributed by atoms with Gasteiger partial charge in [0.15, 0.2) is 11.9 Å². The first-order valence-corrected chi connectivity index (χ1v) is 5.50. The Kier molecular flexibility index (Phi) is 3.51. The number of ether oxygens (including phenoxy) is 1. The Morgan fingerprint density at radius 3 is 2.78 bits per heavy atom. The predicted octanol–water partition coefficient (Wildman–Crippen LogP) is -0.991. The van der Waals surface area contributed by atoms with Crippen LogP contribution in [0.2, 0.25) is 0 Å². The van der Waals surface area contributed by atoms with Gasteiger partial charge in [-0.2, -0.15) is 5.21 Å². The molecule has 1 aromatic heterocycles. The number of rotatable bonds is 4. The lowest BCUT2D eigenvalue weighted by Gasteiger charge is -2.14. The zero-order valence-electron chi connectivity index (χ0n) is 9.66. The van der Waals surface area contributed by atoms with Gasteiger partial charge in [-0.3, -0.25) is 4.79 Å². The van der Waals surface area contributed by atoms with E-state index in [1.807, 2.05) is 0 Å². The molecule has 1 saturated heterocycles. The Bertz CT molecular complexity index is 434. The lowest BCUT2D eigenvalue weighted by Crippen LogP contribution is -2.37. The van der Waals surface area contributed by atoms with Crippen LogP contribution in [-0.4, -0.2) is 49.8 Å². The Labute approximate surface area is 102 Å². The third-order valence-electron chi connectivity index (χ3n) is 2.70. The van der Waals surface area contributed by atoms with Gasteiger partial charge in [-0.25, -0.2) is 4.79 Å². The fraction of sp³-hybridized carbons (Fsp3) is 0.667. The highest BCUT2D eigenvalue weighted by molar-refractivity contribution is 5.82. The molecule has 0 saturated carbocycles. The number of carbonyl (C=O) groups excluding carboxylic acids is 1. The van der Waals surface area contributed by atoms with Crippen LogP contribution in [0.1, 0.15) is 31.6 Å². The van der Waals surface area contributed by atoms with Gasteiger partial charge in [-0.15, -0.1) is 10.2 Å². The molecule has 1 amide bonds. The summed E-state index contributed by atoms with van der Waals surface area (Å²) in [6.45, 7) is 1.70. The van der Waals surface area contributed by atoms with Crippen LogP contribution in [0.5, 0.6) is 0 Å². The van der Waals surface area contributed by atoms with E-state index in [9.17, 15) is 9.59 Å². The molecule has 1 fully saturated rings. The normalized spacial score (nSPS) is 24.7. The molecule has 18 heavy (non-hydrogen) atoms. The Hall–Kier alpha value is -2.03. The van der Waals surface area contributed by atoms with E-state index in [1.54, 1.807) is 6.92 Å². The second-order valence-corrected chi connectivity index (χ2v) is 4.03. The molecule has 9 nitrogen and oxygen atoms in total. The average molecular weight is 255 g/mol. The first-order valence-electron chi connectivity index (χ1n) is 5.50.